The highest BCUT2D eigenvalue weighted by Crippen LogP contribution is 2.52. The number of benzene rings is 2. The number of hydrogen-bond donors (Lipinski definition) is 1. The van der Waals surface area contributed by atoms with Crippen LogP contribution >= 0.6 is 0 Å². The zero-order valence-electron chi connectivity index (χ0n) is 41.3. The van der Waals surface area contributed by atoms with Crippen LogP contribution < -0.4 is 5.32 Å². The Morgan fingerprint density at radius 1 is 0.687 bits per heavy atom. The number of methoxy groups -OCH3 is 1. The molecule has 67 heavy (non-hydrogen) atoms. The van der Waals surface area contributed by atoms with E-state index in [4.69, 9.17) is 29.4 Å². The van der Waals surface area contributed by atoms with Gasteiger partial charge in [0.1, 0.15) is 27.8 Å². The van der Waals surface area contributed by atoms with Crippen molar-refractivity contribution in [3.63, 3.8) is 0 Å². The monoisotopic (exact) mass is 916 g/mol. The Morgan fingerprint density at radius 2 is 1.19 bits per heavy atom. The van der Waals surface area contributed by atoms with Gasteiger partial charge in [0.05, 0.1) is 30.8 Å². The summed E-state index contributed by atoms with van der Waals surface area (Å²) in [6.45, 7) is 20.4. The molecular formula is C54H69N5O8. The lowest BCUT2D eigenvalue weighted by molar-refractivity contribution is -0.153. The lowest BCUT2D eigenvalue weighted by atomic mass is 9.62. The summed E-state index contributed by atoms with van der Waals surface area (Å²) in [6, 6.07) is 18.6. The molecule has 1 amide bonds. The molecule has 4 aliphatic rings. The minimum atomic E-state index is -2.05. The lowest BCUT2D eigenvalue weighted by Crippen LogP contribution is -2.66. The van der Waals surface area contributed by atoms with Crippen LogP contribution in [0.15, 0.2) is 92.3 Å². The Balaban J connectivity index is 1.41. The number of aliphatic imine (C=N–C) groups is 4. The smallest absolute Gasteiger partial charge is 0.408 e. The third-order valence-electron chi connectivity index (χ3n) is 13.8. The first-order chi connectivity index (χ1) is 31.4. The fourth-order valence-corrected chi connectivity index (χ4v) is 10.8. The number of allylic oxidation sites excluding steroid dienone is 1. The number of carbonyl (C=O) groups is 6. The number of ketones is 4. The second kappa shape index (κ2) is 19.1. The highest BCUT2D eigenvalue weighted by molar-refractivity contribution is 6.23. The first kappa shape index (κ1) is 50.7. The molecular weight excluding hydrogens is 847 g/mol. The molecule has 1 N–H and O–H groups in total. The largest absolute Gasteiger partial charge is 0.467 e. The SMILES string of the molecule is COC(=O)[C@@](Cc1ccccc1)(NC(=O)OC(C)(C)C)C1C=NC(C(C)C)(C2C=N[C@@](CC(C)C)(C3C=NC(CC(C)C)(C4C=N[C@](CC=C(C)C)(Cc5ccccc5)C4=O)C3=O)C2=O)C1=O. The standard InChI is InChI=1S/C54H69N5O8/c1-33(2)23-24-50(27-37-19-15-13-16-20-37)43(60)39(29-55-50)51(25-34(3)4)44(61)40(30-56-51)52(26-35(5)6)45(62)42(32-57-52)54(36(7)8)46(63)41(31-58-54)53(47(64)66-12,28-38-21-17-14-18-22-38)59-48(65)67-49(9,10)11/h13-23,29-32,34-36,39-42H,24-28H2,1-12H3,(H,59,65)/t39?,40?,41?,42?,50-,51?,52+,53+,54?/m1/s1. The summed E-state index contributed by atoms with van der Waals surface area (Å²) in [7, 11) is 1.18. The summed E-state index contributed by atoms with van der Waals surface area (Å²) in [4.78, 5) is 110. The summed E-state index contributed by atoms with van der Waals surface area (Å²) in [5.74, 6) is -8.28. The van der Waals surface area contributed by atoms with Crippen LogP contribution in [-0.2, 0) is 46.3 Å². The van der Waals surface area contributed by atoms with E-state index in [1.165, 1.54) is 25.8 Å². The Kier molecular flexibility index (Phi) is 14.5. The quantitative estimate of drug-likeness (QED) is 0.122. The van der Waals surface area contributed by atoms with Gasteiger partial charge in [0.15, 0.2) is 28.7 Å². The third-order valence-corrected chi connectivity index (χ3v) is 13.8. The van der Waals surface area contributed by atoms with Gasteiger partial charge in [0.2, 0.25) is 0 Å². The van der Waals surface area contributed by atoms with Crippen LogP contribution in [0.4, 0.5) is 4.79 Å². The van der Waals surface area contributed by atoms with E-state index in [-0.39, 0.29) is 42.7 Å². The summed E-state index contributed by atoms with van der Waals surface area (Å²) >= 11 is 0. The molecule has 0 aromatic heterocycles. The zero-order valence-corrected chi connectivity index (χ0v) is 41.3. The van der Waals surface area contributed by atoms with Gasteiger partial charge in [-0.2, -0.15) is 0 Å². The van der Waals surface area contributed by atoms with Crippen LogP contribution in [0.25, 0.3) is 0 Å². The summed E-state index contributed by atoms with van der Waals surface area (Å²) in [6.07, 6.45) is 7.89. The molecule has 0 bridgehead atoms. The molecule has 0 saturated heterocycles. The van der Waals surface area contributed by atoms with Crippen molar-refractivity contribution >= 4 is 60.1 Å². The fourth-order valence-electron chi connectivity index (χ4n) is 10.8. The van der Waals surface area contributed by atoms with E-state index in [2.05, 4.69) is 5.32 Å². The lowest BCUT2D eigenvalue weighted by Gasteiger charge is -2.40. The topological polar surface area (TPSA) is 182 Å². The van der Waals surface area contributed by atoms with Crippen LogP contribution in [0.3, 0.4) is 0 Å². The molecule has 358 valence electrons. The van der Waals surface area contributed by atoms with Crippen molar-refractivity contribution in [3.05, 3.63) is 83.4 Å². The maximum Gasteiger partial charge on any atom is 0.408 e. The molecule has 13 heteroatoms. The molecule has 9 atom stereocenters. The third kappa shape index (κ3) is 9.31. The maximum atomic E-state index is 15.7. The van der Waals surface area contributed by atoms with E-state index >= 15 is 19.2 Å². The number of amides is 1. The number of rotatable bonds is 17. The molecule has 0 fully saturated rings. The van der Waals surface area contributed by atoms with Crippen molar-refractivity contribution in [2.24, 2.45) is 61.4 Å². The van der Waals surface area contributed by atoms with Crippen LogP contribution in [0.2, 0.25) is 0 Å². The molecule has 6 unspecified atom stereocenters. The number of esters is 1. The fraction of sp³-hybridized carbons (Fsp3) is 0.556. The van der Waals surface area contributed by atoms with Crippen LogP contribution in [0.1, 0.15) is 107 Å². The minimum absolute atomic E-state index is 0.0774. The number of carbonyl (C=O) groups excluding carboxylic acids is 6. The molecule has 0 spiro atoms. The highest BCUT2D eigenvalue weighted by Gasteiger charge is 2.69. The number of nitrogens with one attached hydrogen (secondary N) is 1. The summed E-state index contributed by atoms with van der Waals surface area (Å²) in [5.41, 5.74) is -6.64. The van der Waals surface area contributed by atoms with E-state index in [1.807, 2.05) is 84.0 Å². The molecule has 13 nitrogen and oxygen atoms in total. The van der Waals surface area contributed by atoms with Gasteiger partial charge >= 0.3 is 12.1 Å². The van der Waals surface area contributed by atoms with Crippen molar-refractivity contribution in [1.29, 1.82) is 0 Å². The van der Waals surface area contributed by atoms with E-state index in [0.717, 1.165) is 11.1 Å². The Hall–Kier alpha value is -5.72. The van der Waals surface area contributed by atoms with Crippen LogP contribution in [-0.4, -0.2) is 100 Å². The first-order valence-electron chi connectivity index (χ1n) is 23.6. The van der Waals surface area contributed by atoms with Crippen molar-refractivity contribution in [2.75, 3.05) is 7.11 Å². The van der Waals surface area contributed by atoms with Crippen molar-refractivity contribution in [1.82, 2.24) is 5.32 Å². The van der Waals surface area contributed by atoms with E-state index in [1.54, 1.807) is 65.1 Å². The van der Waals surface area contributed by atoms with Gasteiger partial charge in [-0.15, -0.1) is 0 Å². The van der Waals surface area contributed by atoms with Gasteiger partial charge in [-0.25, -0.2) is 9.59 Å². The van der Waals surface area contributed by atoms with Gasteiger partial charge in [-0.3, -0.25) is 39.1 Å². The molecule has 0 saturated carbocycles. The molecule has 4 heterocycles. The molecule has 6 rings (SSSR count). The molecule has 0 radical (unpaired) electrons. The summed E-state index contributed by atoms with van der Waals surface area (Å²) in [5, 5.41) is 2.75. The number of hydrogen-bond acceptors (Lipinski definition) is 12. The van der Waals surface area contributed by atoms with E-state index < -0.39 is 86.5 Å². The van der Waals surface area contributed by atoms with E-state index in [9.17, 15) is 9.59 Å². The number of ether oxygens (including phenoxy) is 2. The molecule has 2 aromatic rings. The highest BCUT2D eigenvalue weighted by atomic mass is 16.6. The normalized spacial score (nSPS) is 30.0. The minimum Gasteiger partial charge on any atom is -0.467 e. The molecule has 2 aromatic carbocycles. The average molecular weight is 916 g/mol. The Labute approximate surface area is 395 Å². The second-order valence-corrected chi connectivity index (χ2v) is 21.4. The number of nitrogens with zero attached hydrogens (tertiary/aromatic N) is 4. The van der Waals surface area contributed by atoms with Crippen LogP contribution in [0.5, 0.6) is 0 Å². The predicted molar refractivity (Wildman–Crippen MR) is 261 cm³/mol. The van der Waals surface area contributed by atoms with Crippen molar-refractivity contribution < 1.29 is 38.2 Å². The van der Waals surface area contributed by atoms with Gasteiger partial charge in [0.25, 0.3) is 0 Å². The predicted octanol–water partition coefficient (Wildman–Crippen LogP) is 8.05. The van der Waals surface area contributed by atoms with Crippen LogP contribution in [0, 0.1) is 41.4 Å². The number of alkyl carbamates (subject to hydrolysis) is 1. The van der Waals surface area contributed by atoms with Crippen molar-refractivity contribution in [3.8, 4) is 0 Å². The Bertz CT molecular complexity index is 2390. The Morgan fingerprint density at radius 3 is 1.70 bits per heavy atom. The van der Waals surface area contributed by atoms with Gasteiger partial charge in [-0.1, -0.05) is 114 Å². The van der Waals surface area contributed by atoms with E-state index in [0.29, 0.717) is 18.4 Å². The molecule has 4 aliphatic heterocycles. The molecule has 0 aliphatic carbocycles. The zero-order chi connectivity index (χ0) is 49.3. The average Bonchev–Trinajstić information content (AvgIpc) is 3.97. The van der Waals surface area contributed by atoms with Gasteiger partial charge in [0, 0.05) is 37.7 Å². The van der Waals surface area contributed by atoms with Gasteiger partial charge in [-0.05, 0) is 82.8 Å². The van der Waals surface area contributed by atoms with Gasteiger partial charge < -0.3 is 14.8 Å². The number of Topliss-reactive ketones (excluding diaryl/α,β-unsaturated/α-hetero) is 4. The maximum absolute atomic E-state index is 15.7. The summed E-state index contributed by atoms with van der Waals surface area (Å²) < 4.78 is 11.0. The second-order valence-electron chi connectivity index (χ2n) is 21.4. The van der Waals surface area contributed by atoms with Crippen molar-refractivity contribution in [2.45, 2.75) is 142 Å². The first-order valence-corrected chi connectivity index (χ1v) is 23.6.